The molecule has 1 aliphatic rings. The molecule has 1 atom stereocenters. The van der Waals surface area contributed by atoms with Crippen molar-refractivity contribution in [3.8, 4) is 11.1 Å². The van der Waals surface area contributed by atoms with Gasteiger partial charge in [0.05, 0.1) is 5.56 Å². The summed E-state index contributed by atoms with van der Waals surface area (Å²) < 4.78 is 14.3. The fourth-order valence-electron chi connectivity index (χ4n) is 4.41. The predicted molar refractivity (Wildman–Crippen MR) is 115 cm³/mol. The second-order valence-corrected chi connectivity index (χ2v) is 8.05. The van der Waals surface area contributed by atoms with E-state index in [1.807, 2.05) is 12.1 Å². The third-order valence-corrected chi connectivity index (χ3v) is 5.92. The smallest absolute Gasteiger partial charge is 0.336 e. The second-order valence-electron chi connectivity index (χ2n) is 8.05. The molecule has 1 N–H and O–H groups in total. The van der Waals surface area contributed by atoms with Crippen LogP contribution in [0.1, 0.15) is 53.4 Å². The van der Waals surface area contributed by atoms with Crippen LogP contribution in [0.15, 0.2) is 60.9 Å². The highest BCUT2D eigenvalue weighted by Crippen LogP contribution is 2.40. The standard InChI is InChI=1S/C25H25FN2O2/c1-16(2)28-15-19-13-17(20-5-3-4-6-23(20)26)7-9-21(19)24(28)10-8-18-14-27-12-11-22(18)25(29)30/h3-7,9,11-14,16,24H,8,10,15H2,1-2H3,(H,29,30)/t24-/m1/s1. The molecule has 0 spiro atoms. The molecule has 0 saturated heterocycles. The highest BCUT2D eigenvalue weighted by molar-refractivity contribution is 5.89. The van der Waals surface area contributed by atoms with Gasteiger partial charge in [-0.15, -0.1) is 0 Å². The number of halogens is 1. The molecule has 0 bridgehead atoms. The molecule has 2 aromatic carbocycles. The van der Waals surface area contributed by atoms with Crippen molar-refractivity contribution in [1.82, 2.24) is 9.88 Å². The molecule has 0 amide bonds. The van der Waals surface area contributed by atoms with Gasteiger partial charge in [0.15, 0.2) is 0 Å². The Morgan fingerprint density at radius 2 is 2.03 bits per heavy atom. The molecule has 30 heavy (non-hydrogen) atoms. The Kier molecular flexibility index (Phi) is 5.64. The van der Waals surface area contributed by atoms with E-state index in [4.69, 9.17) is 0 Å². The Morgan fingerprint density at radius 1 is 1.23 bits per heavy atom. The van der Waals surface area contributed by atoms with Gasteiger partial charge < -0.3 is 5.11 Å². The number of aromatic nitrogens is 1. The van der Waals surface area contributed by atoms with Crippen molar-refractivity contribution >= 4 is 5.97 Å². The van der Waals surface area contributed by atoms with Crippen LogP contribution in [0.4, 0.5) is 4.39 Å². The number of aromatic carboxylic acids is 1. The zero-order valence-electron chi connectivity index (χ0n) is 17.2. The first-order valence-corrected chi connectivity index (χ1v) is 10.3. The third-order valence-electron chi connectivity index (χ3n) is 5.92. The molecule has 154 valence electrons. The van der Waals surface area contributed by atoms with Gasteiger partial charge in [-0.1, -0.05) is 30.3 Å². The van der Waals surface area contributed by atoms with Crippen LogP contribution in [-0.2, 0) is 13.0 Å². The van der Waals surface area contributed by atoms with Gasteiger partial charge >= 0.3 is 5.97 Å². The first-order valence-electron chi connectivity index (χ1n) is 10.3. The lowest BCUT2D eigenvalue weighted by molar-refractivity contribution is 0.0695. The number of benzene rings is 2. The minimum absolute atomic E-state index is 0.191. The first kappa shape index (κ1) is 20.2. The van der Waals surface area contributed by atoms with Crippen LogP contribution in [-0.4, -0.2) is 27.0 Å². The van der Waals surface area contributed by atoms with E-state index in [-0.39, 0.29) is 11.9 Å². The zero-order chi connectivity index (χ0) is 21.3. The lowest BCUT2D eigenvalue weighted by Gasteiger charge is -2.29. The van der Waals surface area contributed by atoms with E-state index in [1.165, 1.54) is 23.4 Å². The molecule has 3 aromatic rings. The molecule has 0 radical (unpaired) electrons. The van der Waals surface area contributed by atoms with Crippen LogP contribution in [0.5, 0.6) is 0 Å². The fourth-order valence-corrected chi connectivity index (χ4v) is 4.41. The summed E-state index contributed by atoms with van der Waals surface area (Å²) in [6, 6.07) is 15.1. The molecule has 1 aromatic heterocycles. The van der Waals surface area contributed by atoms with Crippen molar-refractivity contribution in [3.05, 3.63) is 89.0 Å². The van der Waals surface area contributed by atoms with Gasteiger partial charge in [0.1, 0.15) is 5.82 Å². The maximum Gasteiger partial charge on any atom is 0.336 e. The molecule has 1 aliphatic heterocycles. The van der Waals surface area contributed by atoms with Crippen molar-refractivity contribution in [2.24, 2.45) is 0 Å². The summed E-state index contributed by atoms with van der Waals surface area (Å²) in [5, 5.41) is 9.45. The van der Waals surface area contributed by atoms with Gasteiger partial charge in [-0.3, -0.25) is 9.88 Å². The average molecular weight is 404 g/mol. The number of carboxylic acids is 1. The SMILES string of the molecule is CC(C)N1Cc2cc(-c3ccccc3F)ccc2[C@H]1CCc1cnccc1C(=O)O. The molecule has 5 heteroatoms. The van der Waals surface area contributed by atoms with Crippen molar-refractivity contribution in [1.29, 1.82) is 0 Å². The van der Waals surface area contributed by atoms with Crippen molar-refractivity contribution in [3.63, 3.8) is 0 Å². The Morgan fingerprint density at radius 3 is 2.77 bits per heavy atom. The topological polar surface area (TPSA) is 53.4 Å². The number of carbonyl (C=O) groups is 1. The summed E-state index contributed by atoms with van der Waals surface area (Å²) in [6.45, 7) is 5.14. The number of hydrogen-bond acceptors (Lipinski definition) is 3. The quantitative estimate of drug-likeness (QED) is 0.591. The summed E-state index contributed by atoms with van der Waals surface area (Å²) in [7, 11) is 0. The van der Waals surface area contributed by atoms with Gasteiger partial charge in [0.2, 0.25) is 0 Å². The third kappa shape index (κ3) is 3.85. The van der Waals surface area contributed by atoms with E-state index in [0.717, 1.165) is 24.1 Å². The summed E-state index contributed by atoms with van der Waals surface area (Å²) >= 11 is 0. The van der Waals surface area contributed by atoms with Gasteiger partial charge in [-0.2, -0.15) is 0 Å². The van der Waals surface area contributed by atoms with E-state index in [9.17, 15) is 14.3 Å². The maximum absolute atomic E-state index is 14.3. The molecule has 4 rings (SSSR count). The molecule has 0 aliphatic carbocycles. The Bertz CT molecular complexity index is 1080. The molecule has 2 heterocycles. The Balaban J connectivity index is 1.63. The minimum atomic E-state index is -0.922. The van der Waals surface area contributed by atoms with Gasteiger partial charge in [-0.05, 0) is 67.1 Å². The Labute approximate surface area is 176 Å². The van der Waals surface area contributed by atoms with E-state index in [2.05, 4.69) is 35.9 Å². The van der Waals surface area contributed by atoms with Crippen LogP contribution < -0.4 is 0 Å². The average Bonchev–Trinajstić information content (AvgIpc) is 3.11. The number of carboxylic acid groups (broad SMARTS) is 1. The van der Waals surface area contributed by atoms with E-state index in [0.29, 0.717) is 23.6 Å². The molecular formula is C25H25FN2O2. The predicted octanol–water partition coefficient (Wildman–Crippen LogP) is 5.48. The summed E-state index contributed by atoms with van der Waals surface area (Å²) in [4.78, 5) is 18.1. The number of nitrogens with zero attached hydrogens (tertiary/aromatic N) is 2. The maximum atomic E-state index is 14.3. The molecule has 0 unspecified atom stereocenters. The summed E-state index contributed by atoms with van der Waals surface area (Å²) in [5.41, 5.74) is 5.01. The number of pyridine rings is 1. The fraction of sp³-hybridized carbons (Fsp3) is 0.280. The lowest BCUT2D eigenvalue weighted by Crippen LogP contribution is -2.29. The van der Waals surface area contributed by atoms with Crippen molar-refractivity contribution in [2.45, 2.75) is 45.3 Å². The summed E-state index contributed by atoms with van der Waals surface area (Å²) in [6.07, 6.45) is 4.61. The number of rotatable bonds is 6. The summed E-state index contributed by atoms with van der Waals surface area (Å²) in [5.74, 6) is -1.14. The first-order chi connectivity index (χ1) is 14.5. The van der Waals surface area contributed by atoms with Crippen molar-refractivity contribution < 1.29 is 14.3 Å². The molecule has 4 nitrogen and oxygen atoms in total. The van der Waals surface area contributed by atoms with E-state index < -0.39 is 5.97 Å². The highest BCUT2D eigenvalue weighted by atomic mass is 19.1. The van der Waals surface area contributed by atoms with Crippen LogP contribution in [0.25, 0.3) is 11.1 Å². The lowest BCUT2D eigenvalue weighted by atomic mass is 9.94. The minimum Gasteiger partial charge on any atom is -0.478 e. The van der Waals surface area contributed by atoms with E-state index in [1.54, 1.807) is 24.4 Å². The number of fused-ring (bicyclic) bond motifs is 1. The largest absolute Gasteiger partial charge is 0.478 e. The second kappa shape index (κ2) is 8.36. The Hall–Kier alpha value is -3.05. The van der Waals surface area contributed by atoms with Crippen molar-refractivity contribution in [2.75, 3.05) is 0 Å². The zero-order valence-corrected chi connectivity index (χ0v) is 17.2. The monoisotopic (exact) mass is 404 g/mol. The number of hydrogen-bond donors (Lipinski definition) is 1. The highest BCUT2D eigenvalue weighted by Gasteiger charge is 2.32. The van der Waals surface area contributed by atoms with Crippen LogP contribution in [0.3, 0.4) is 0 Å². The van der Waals surface area contributed by atoms with Crippen LogP contribution in [0.2, 0.25) is 0 Å². The van der Waals surface area contributed by atoms with Gasteiger partial charge in [0, 0.05) is 36.6 Å². The van der Waals surface area contributed by atoms with Gasteiger partial charge in [-0.25, -0.2) is 9.18 Å². The molecular weight excluding hydrogens is 379 g/mol. The van der Waals surface area contributed by atoms with Gasteiger partial charge in [0.25, 0.3) is 0 Å². The van der Waals surface area contributed by atoms with E-state index >= 15 is 0 Å². The molecule has 0 saturated carbocycles. The van der Waals surface area contributed by atoms with Crippen LogP contribution in [0, 0.1) is 5.82 Å². The normalized spacial score (nSPS) is 16.1. The molecule has 0 fully saturated rings. The number of aryl methyl sites for hydroxylation is 1. The van der Waals surface area contributed by atoms with Crippen LogP contribution >= 0.6 is 0 Å².